The molecule has 0 radical (unpaired) electrons. The van der Waals surface area contributed by atoms with E-state index < -0.39 is 27.8 Å². The van der Waals surface area contributed by atoms with Gasteiger partial charge in [0.05, 0.1) is 35.2 Å². The fraction of sp³-hybridized carbons (Fsp3) is 0.300. The van der Waals surface area contributed by atoms with Crippen LogP contribution in [-0.2, 0) is 19.6 Å². The normalized spacial score (nSPS) is 16.0. The van der Waals surface area contributed by atoms with Crippen LogP contribution in [0.2, 0.25) is 0 Å². The number of amides is 2. The van der Waals surface area contributed by atoms with E-state index in [2.05, 4.69) is 15.4 Å². The number of benzene rings is 2. The van der Waals surface area contributed by atoms with Gasteiger partial charge in [-0.2, -0.15) is 0 Å². The first-order valence-corrected chi connectivity index (χ1v) is 10.9. The minimum atomic E-state index is -4.03. The SMILES string of the molecule is CCOc1ccc(OCC)c(NS(=O)(=O)c2ccc3c(c2)NC(=O)C(C)C(=O)N3)c1. The maximum atomic E-state index is 13.0. The molecule has 0 bridgehead atoms. The van der Waals surface area contributed by atoms with Crippen LogP contribution in [0.5, 0.6) is 11.5 Å². The summed E-state index contributed by atoms with van der Waals surface area (Å²) in [6.07, 6.45) is 0. The van der Waals surface area contributed by atoms with E-state index in [1.54, 1.807) is 25.1 Å². The molecule has 1 aliphatic heterocycles. The number of rotatable bonds is 7. The van der Waals surface area contributed by atoms with Gasteiger partial charge < -0.3 is 20.1 Å². The fourth-order valence-corrected chi connectivity index (χ4v) is 3.92. The molecule has 10 heteroatoms. The molecular weight excluding hydrogens is 410 g/mol. The van der Waals surface area contributed by atoms with E-state index in [9.17, 15) is 18.0 Å². The van der Waals surface area contributed by atoms with Crippen LogP contribution in [0.25, 0.3) is 0 Å². The molecule has 0 aromatic heterocycles. The average Bonchev–Trinajstić information content (AvgIpc) is 2.80. The molecule has 3 rings (SSSR count). The molecule has 0 fully saturated rings. The maximum Gasteiger partial charge on any atom is 0.262 e. The standard InChI is InChI=1S/C20H23N3O6S/c1-4-28-13-6-9-18(29-5-2)17(10-13)23-30(26,27)14-7-8-15-16(11-14)22-20(25)12(3)19(24)21-15/h6-12,23H,4-5H2,1-3H3,(H,21,24)(H,22,25). The average molecular weight is 433 g/mol. The number of carbonyl (C=O) groups is 2. The molecule has 2 amide bonds. The first kappa shape index (κ1) is 21.4. The lowest BCUT2D eigenvalue weighted by atomic mass is 10.1. The Hall–Kier alpha value is -3.27. The lowest BCUT2D eigenvalue weighted by molar-refractivity contribution is -0.128. The molecule has 0 saturated carbocycles. The van der Waals surface area contributed by atoms with Crippen LogP contribution in [0.3, 0.4) is 0 Å². The minimum Gasteiger partial charge on any atom is -0.494 e. The van der Waals surface area contributed by atoms with E-state index in [1.165, 1.54) is 25.1 Å². The minimum absolute atomic E-state index is 0.0883. The molecule has 1 heterocycles. The van der Waals surface area contributed by atoms with Gasteiger partial charge in [0.15, 0.2) is 0 Å². The molecule has 0 spiro atoms. The molecule has 1 aliphatic rings. The van der Waals surface area contributed by atoms with Crippen LogP contribution in [-0.4, -0.2) is 33.4 Å². The van der Waals surface area contributed by atoms with Crippen LogP contribution >= 0.6 is 0 Å². The summed E-state index contributed by atoms with van der Waals surface area (Å²) in [4.78, 5) is 24.0. The predicted molar refractivity (Wildman–Crippen MR) is 112 cm³/mol. The molecule has 160 valence electrons. The summed E-state index contributed by atoms with van der Waals surface area (Å²) in [7, 11) is -4.03. The molecule has 1 unspecified atom stereocenters. The molecular formula is C20H23N3O6S. The molecule has 1 atom stereocenters. The third kappa shape index (κ3) is 4.48. The Labute approximate surface area is 174 Å². The molecule has 2 aromatic rings. The Bertz CT molecular complexity index is 1080. The smallest absolute Gasteiger partial charge is 0.262 e. The van der Waals surface area contributed by atoms with Gasteiger partial charge in [0.2, 0.25) is 11.8 Å². The summed E-state index contributed by atoms with van der Waals surface area (Å²) in [6.45, 7) is 5.86. The van der Waals surface area contributed by atoms with Crippen LogP contribution in [0.15, 0.2) is 41.3 Å². The van der Waals surface area contributed by atoms with E-state index in [4.69, 9.17) is 9.47 Å². The van der Waals surface area contributed by atoms with Gasteiger partial charge in [-0.3, -0.25) is 14.3 Å². The highest BCUT2D eigenvalue weighted by Crippen LogP contribution is 2.33. The second-order valence-electron chi connectivity index (χ2n) is 6.54. The number of carbonyl (C=O) groups excluding carboxylic acids is 2. The summed E-state index contributed by atoms with van der Waals surface area (Å²) in [5, 5.41) is 5.18. The number of fused-ring (bicyclic) bond motifs is 1. The number of hydrogen-bond donors (Lipinski definition) is 3. The Balaban J connectivity index is 1.95. The first-order chi connectivity index (χ1) is 14.2. The van der Waals surface area contributed by atoms with Gasteiger partial charge in [0.25, 0.3) is 10.0 Å². The molecule has 9 nitrogen and oxygen atoms in total. The zero-order valence-corrected chi connectivity index (χ0v) is 17.6. The summed E-state index contributed by atoms with van der Waals surface area (Å²) in [5.74, 6) is -1.03. The Morgan fingerprint density at radius 2 is 1.60 bits per heavy atom. The second kappa shape index (κ2) is 8.62. The van der Waals surface area contributed by atoms with Gasteiger partial charge in [-0.05, 0) is 51.1 Å². The van der Waals surface area contributed by atoms with Crippen molar-refractivity contribution in [1.82, 2.24) is 0 Å². The summed E-state index contributed by atoms with van der Waals surface area (Å²) in [6, 6.07) is 8.92. The van der Waals surface area contributed by atoms with Crippen LogP contribution < -0.4 is 24.8 Å². The first-order valence-electron chi connectivity index (χ1n) is 9.43. The summed E-state index contributed by atoms with van der Waals surface area (Å²) in [5.41, 5.74) is 0.752. The molecule has 3 N–H and O–H groups in total. The van der Waals surface area contributed by atoms with Crippen molar-refractivity contribution in [3.63, 3.8) is 0 Å². The second-order valence-corrected chi connectivity index (χ2v) is 8.22. The van der Waals surface area contributed by atoms with Crippen molar-refractivity contribution in [2.45, 2.75) is 25.7 Å². The third-order valence-electron chi connectivity index (χ3n) is 4.41. The van der Waals surface area contributed by atoms with Crippen LogP contribution in [0, 0.1) is 5.92 Å². The van der Waals surface area contributed by atoms with Gasteiger partial charge in [-0.15, -0.1) is 0 Å². The molecule has 30 heavy (non-hydrogen) atoms. The van der Waals surface area contributed by atoms with Crippen molar-refractivity contribution in [1.29, 1.82) is 0 Å². The summed E-state index contributed by atoms with van der Waals surface area (Å²) >= 11 is 0. The van der Waals surface area contributed by atoms with Gasteiger partial charge >= 0.3 is 0 Å². The Morgan fingerprint density at radius 3 is 2.27 bits per heavy atom. The van der Waals surface area contributed by atoms with Crippen molar-refractivity contribution in [3.05, 3.63) is 36.4 Å². The van der Waals surface area contributed by atoms with E-state index in [0.717, 1.165) is 0 Å². The predicted octanol–water partition coefficient (Wildman–Crippen LogP) is 2.81. The van der Waals surface area contributed by atoms with Crippen LogP contribution in [0.1, 0.15) is 20.8 Å². The highest BCUT2D eigenvalue weighted by molar-refractivity contribution is 7.92. The Morgan fingerprint density at radius 1 is 0.933 bits per heavy atom. The van der Waals surface area contributed by atoms with Gasteiger partial charge in [0.1, 0.15) is 17.4 Å². The monoisotopic (exact) mass is 433 g/mol. The zero-order valence-electron chi connectivity index (χ0n) is 16.8. The van der Waals surface area contributed by atoms with Gasteiger partial charge in [-0.1, -0.05) is 0 Å². The quantitative estimate of drug-likeness (QED) is 0.577. The van der Waals surface area contributed by atoms with E-state index in [1.807, 2.05) is 6.92 Å². The van der Waals surface area contributed by atoms with Gasteiger partial charge in [-0.25, -0.2) is 8.42 Å². The highest BCUT2D eigenvalue weighted by Gasteiger charge is 2.28. The summed E-state index contributed by atoms with van der Waals surface area (Å²) < 4.78 is 39.5. The third-order valence-corrected chi connectivity index (χ3v) is 5.77. The zero-order chi connectivity index (χ0) is 21.9. The molecule has 0 aliphatic carbocycles. The van der Waals surface area contributed by atoms with E-state index in [0.29, 0.717) is 30.4 Å². The number of sulfonamides is 1. The van der Waals surface area contributed by atoms with Crippen molar-refractivity contribution in [2.24, 2.45) is 5.92 Å². The largest absolute Gasteiger partial charge is 0.494 e. The van der Waals surface area contributed by atoms with E-state index >= 15 is 0 Å². The Kier molecular flexibility index (Phi) is 6.16. The number of ether oxygens (including phenoxy) is 2. The molecule has 0 saturated heterocycles. The van der Waals surface area contributed by atoms with Crippen molar-refractivity contribution < 1.29 is 27.5 Å². The number of anilines is 3. The number of nitrogens with one attached hydrogen (secondary N) is 3. The topological polar surface area (TPSA) is 123 Å². The maximum absolute atomic E-state index is 13.0. The van der Waals surface area contributed by atoms with Gasteiger partial charge in [0, 0.05) is 6.07 Å². The lowest BCUT2D eigenvalue weighted by Crippen LogP contribution is -2.28. The fourth-order valence-electron chi connectivity index (χ4n) is 2.83. The lowest BCUT2D eigenvalue weighted by Gasteiger charge is -2.15. The van der Waals surface area contributed by atoms with E-state index in [-0.39, 0.29) is 16.3 Å². The van der Waals surface area contributed by atoms with Crippen molar-refractivity contribution >= 4 is 38.9 Å². The van der Waals surface area contributed by atoms with Crippen molar-refractivity contribution in [2.75, 3.05) is 28.6 Å². The molecule has 2 aromatic carbocycles. The van der Waals surface area contributed by atoms with Crippen molar-refractivity contribution in [3.8, 4) is 11.5 Å². The van der Waals surface area contributed by atoms with Crippen LogP contribution in [0.4, 0.5) is 17.1 Å². The highest BCUT2D eigenvalue weighted by atomic mass is 32.2. The number of hydrogen-bond acceptors (Lipinski definition) is 6.